The van der Waals surface area contributed by atoms with Crippen LogP contribution >= 0.6 is 0 Å². The van der Waals surface area contributed by atoms with Crippen molar-refractivity contribution in [3.63, 3.8) is 0 Å². The van der Waals surface area contributed by atoms with Crippen molar-refractivity contribution >= 4 is 5.78 Å². The summed E-state index contributed by atoms with van der Waals surface area (Å²) >= 11 is 0. The van der Waals surface area contributed by atoms with E-state index < -0.39 is 0 Å². The van der Waals surface area contributed by atoms with Crippen LogP contribution in [0.4, 0.5) is 0 Å². The molecule has 0 saturated carbocycles. The van der Waals surface area contributed by atoms with E-state index in [1.807, 2.05) is 18.2 Å². The van der Waals surface area contributed by atoms with Gasteiger partial charge in [-0.1, -0.05) is 101 Å². The average molecular weight is 395 g/mol. The largest absolute Gasteiger partial charge is 0.289 e. The smallest absolute Gasteiger partial charge is 0.194 e. The number of hydrogen-bond donors (Lipinski definition) is 0. The van der Waals surface area contributed by atoms with E-state index >= 15 is 0 Å². The zero-order chi connectivity index (χ0) is 20.7. The highest BCUT2D eigenvalue weighted by molar-refractivity contribution is 6.22. The van der Waals surface area contributed by atoms with E-state index in [2.05, 4.69) is 56.3 Å². The summed E-state index contributed by atoms with van der Waals surface area (Å²) in [6.45, 7) is 4.69. The lowest BCUT2D eigenvalue weighted by molar-refractivity contribution is 0.104. The van der Waals surface area contributed by atoms with Gasteiger partial charge in [0.25, 0.3) is 0 Å². The molecule has 30 heavy (non-hydrogen) atoms. The van der Waals surface area contributed by atoms with Gasteiger partial charge in [-0.15, -0.1) is 0 Å². The van der Waals surface area contributed by atoms with Crippen molar-refractivity contribution in [2.45, 2.75) is 64.2 Å². The molecule has 1 atom stereocenters. The van der Waals surface area contributed by atoms with Crippen molar-refractivity contribution in [1.29, 1.82) is 0 Å². The van der Waals surface area contributed by atoms with Crippen LogP contribution in [0.25, 0.3) is 22.3 Å². The predicted molar refractivity (Wildman–Crippen MR) is 125 cm³/mol. The number of rotatable bonds is 7. The van der Waals surface area contributed by atoms with Gasteiger partial charge < -0.3 is 0 Å². The Bertz CT molecular complexity index is 1120. The second kappa shape index (κ2) is 7.54. The first-order valence-corrected chi connectivity index (χ1v) is 11.6. The maximum absolute atomic E-state index is 13.1. The van der Waals surface area contributed by atoms with E-state index in [0.717, 1.165) is 28.7 Å². The van der Waals surface area contributed by atoms with E-state index in [1.165, 1.54) is 60.8 Å². The molecule has 0 saturated heterocycles. The number of unbranched alkanes of at least 4 members (excludes halogenated alkanes) is 5. The molecule has 0 heterocycles. The van der Waals surface area contributed by atoms with Gasteiger partial charge in [0.1, 0.15) is 0 Å². The first-order chi connectivity index (χ1) is 14.6. The Morgan fingerprint density at radius 3 is 2.10 bits per heavy atom. The summed E-state index contributed by atoms with van der Waals surface area (Å²) in [6, 6.07) is 21.4. The highest BCUT2D eigenvalue weighted by atomic mass is 16.1. The van der Waals surface area contributed by atoms with Crippen LogP contribution in [0, 0.1) is 0 Å². The summed E-state index contributed by atoms with van der Waals surface area (Å²) in [5.74, 6) is 0.172. The molecule has 3 aromatic rings. The fourth-order valence-corrected chi connectivity index (χ4v) is 5.62. The van der Waals surface area contributed by atoms with Gasteiger partial charge in [0.2, 0.25) is 0 Å². The normalized spacial score (nSPS) is 18.1. The van der Waals surface area contributed by atoms with Gasteiger partial charge in [-0.05, 0) is 51.9 Å². The van der Waals surface area contributed by atoms with Crippen LogP contribution in [-0.4, -0.2) is 5.78 Å². The van der Waals surface area contributed by atoms with E-state index in [4.69, 9.17) is 0 Å². The Kier molecular flexibility index (Phi) is 4.85. The molecule has 1 nitrogen and oxygen atoms in total. The fraction of sp³-hybridized carbons (Fsp3) is 0.345. The molecule has 0 aliphatic heterocycles. The zero-order valence-electron chi connectivity index (χ0n) is 18.1. The predicted octanol–water partition coefficient (Wildman–Crippen LogP) is 7.94. The molecule has 0 N–H and O–H groups in total. The molecule has 1 heteroatoms. The number of carbonyl (C=O) groups is 1. The fourth-order valence-electron chi connectivity index (χ4n) is 5.62. The van der Waals surface area contributed by atoms with E-state index in [9.17, 15) is 4.79 Å². The second-order valence-corrected chi connectivity index (χ2v) is 9.21. The molecule has 0 radical (unpaired) electrons. The summed E-state index contributed by atoms with van der Waals surface area (Å²) in [4.78, 5) is 13.1. The molecule has 3 aromatic carbocycles. The summed E-state index contributed by atoms with van der Waals surface area (Å²) in [5, 5.41) is 0. The lowest BCUT2D eigenvalue weighted by atomic mass is 9.75. The summed E-state index contributed by atoms with van der Waals surface area (Å²) in [5.41, 5.74) is 9.36. The van der Waals surface area contributed by atoms with Gasteiger partial charge >= 0.3 is 0 Å². The summed E-state index contributed by atoms with van der Waals surface area (Å²) in [7, 11) is 0. The number of benzene rings is 3. The van der Waals surface area contributed by atoms with Gasteiger partial charge in [0.05, 0.1) is 0 Å². The van der Waals surface area contributed by atoms with Crippen molar-refractivity contribution in [3.8, 4) is 22.3 Å². The monoisotopic (exact) mass is 394 g/mol. The van der Waals surface area contributed by atoms with Crippen molar-refractivity contribution in [2.75, 3.05) is 0 Å². The molecule has 0 amide bonds. The minimum Gasteiger partial charge on any atom is -0.289 e. The number of fused-ring (bicyclic) bond motifs is 6. The Morgan fingerprint density at radius 2 is 1.30 bits per heavy atom. The molecule has 2 aliphatic rings. The zero-order valence-corrected chi connectivity index (χ0v) is 18.1. The molecule has 0 bridgehead atoms. The van der Waals surface area contributed by atoms with Crippen LogP contribution in [0.2, 0.25) is 0 Å². The van der Waals surface area contributed by atoms with Gasteiger partial charge in [-0.3, -0.25) is 4.79 Å². The first kappa shape index (κ1) is 19.3. The third-order valence-corrected chi connectivity index (χ3v) is 7.30. The molecule has 152 valence electrons. The van der Waals surface area contributed by atoms with Crippen molar-refractivity contribution in [3.05, 3.63) is 82.9 Å². The van der Waals surface area contributed by atoms with E-state index in [-0.39, 0.29) is 11.2 Å². The summed E-state index contributed by atoms with van der Waals surface area (Å²) in [6.07, 6.45) is 9.06. The van der Waals surface area contributed by atoms with Crippen LogP contribution in [0.15, 0.2) is 60.7 Å². The van der Waals surface area contributed by atoms with Crippen molar-refractivity contribution in [1.82, 2.24) is 0 Å². The molecule has 2 aliphatic carbocycles. The SMILES string of the molecule is CCCCCCCCC1(C)c2ccccc2-c2cc3c(cc21)-c1ccccc1C3=O. The molecule has 0 fully saturated rings. The molecular weight excluding hydrogens is 364 g/mol. The van der Waals surface area contributed by atoms with Crippen LogP contribution in [0.3, 0.4) is 0 Å². The molecular formula is C29H30O. The minimum atomic E-state index is 0.0201. The third-order valence-electron chi connectivity index (χ3n) is 7.30. The topological polar surface area (TPSA) is 17.1 Å². The quantitative estimate of drug-likeness (QED) is 0.291. The van der Waals surface area contributed by atoms with Crippen LogP contribution < -0.4 is 0 Å². The van der Waals surface area contributed by atoms with Gasteiger partial charge in [0.15, 0.2) is 5.78 Å². The maximum atomic E-state index is 13.1. The molecule has 1 unspecified atom stereocenters. The molecule has 0 aromatic heterocycles. The molecule has 0 spiro atoms. The lowest BCUT2D eigenvalue weighted by Crippen LogP contribution is -2.20. The Morgan fingerprint density at radius 1 is 0.633 bits per heavy atom. The van der Waals surface area contributed by atoms with E-state index in [1.54, 1.807) is 0 Å². The van der Waals surface area contributed by atoms with Gasteiger partial charge in [0, 0.05) is 16.5 Å². The van der Waals surface area contributed by atoms with Crippen molar-refractivity contribution < 1.29 is 4.79 Å². The number of ketones is 1. The maximum Gasteiger partial charge on any atom is 0.194 e. The third kappa shape index (κ3) is 2.87. The number of hydrogen-bond acceptors (Lipinski definition) is 1. The first-order valence-electron chi connectivity index (χ1n) is 11.6. The molecule has 5 rings (SSSR count). The van der Waals surface area contributed by atoms with E-state index in [0.29, 0.717) is 0 Å². The number of carbonyl (C=O) groups excluding carboxylic acids is 1. The average Bonchev–Trinajstić information content (AvgIpc) is 3.20. The van der Waals surface area contributed by atoms with Gasteiger partial charge in [-0.25, -0.2) is 0 Å². The van der Waals surface area contributed by atoms with Crippen LogP contribution in [-0.2, 0) is 5.41 Å². The minimum absolute atomic E-state index is 0.0201. The van der Waals surface area contributed by atoms with Gasteiger partial charge in [-0.2, -0.15) is 0 Å². The second-order valence-electron chi connectivity index (χ2n) is 9.21. The highest BCUT2D eigenvalue weighted by Gasteiger charge is 2.41. The highest BCUT2D eigenvalue weighted by Crippen LogP contribution is 2.54. The van der Waals surface area contributed by atoms with Crippen molar-refractivity contribution in [2.24, 2.45) is 0 Å². The standard InChI is InChI=1S/C29H30O/c1-3-4-5-6-7-12-17-29(2)26-16-11-10-14-21(26)24-18-25-23(19-27(24)29)20-13-8-9-15-22(20)28(25)30/h8-11,13-16,18-19H,3-7,12,17H2,1-2H3. The van der Waals surface area contributed by atoms with Crippen LogP contribution in [0.1, 0.15) is 85.8 Å². The van der Waals surface area contributed by atoms with Crippen LogP contribution in [0.5, 0.6) is 0 Å². The Balaban J connectivity index is 1.55. The summed E-state index contributed by atoms with van der Waals surface area (Å²) < 4.78 is 0. The Labute approximate surface area is 180 Å². The Hall–Kier alpha value is -2.67. The lowest BCUT2D eigenvalue weighted by Gasteiger charge is -2.28.